The molecule has 0 fully saturated rings. The highest BCUT2D eigenvalue weighted by Gasteiger charge is 2.29. The van der Waals surface area contributed by atoms with Gasteiger partial charge in [-0.05, 0) is 34.9 Å². The Morgan fingerprint density at radius 3 is 2.15 bits per heavy atom. The quantitative estimate of drug-likeness (QED) is 0.289. The Morgan fingerprint density at radius 1 is 1.04 bits per heavy atom. The lowest BCUT2D eigenvalue weighted by molar-refractivity contribution is -0.137. The summed E-state index contributed by atoms with van der Waals surface area (Å²) in [6.07, 6.45) is -3.30. The first-order valence-electron chi connectivity index (χ1n) is 7.04. The molecule has 2 rings (SSSR count). The Kier molecular flexibility index (Phi) is 5.71. The van der Waals surface area contributed by atoms with E-state index in [4.69, 9.17) is 11.3 Å². The summed E-state index contributed by atoms with van der Waals surface area (Å²) >= 11 is 0. The Hall–Kier alpha value is -3.65. The van der Waals surface area contributed by atoms with Crippen LogP contribution in [0.1, 0.15) is 21.5 Å². The molecule has 0 heterocycles. The molecule has 10 heteroatoms. The smallest absolute Gasteiger partial charge is 0.383 e. The second-order valence-electron chi connectivity index (χ2n) is 4.88. The summed E-state index contributed by atoms with van der Waals surface area (Å²) < 4.78 is 37.4. The second kappa shape index (κ2) is 7.95. The Bertz CT molecular complexity index is 895. The first kappa shape index (κ1) is 18.7. The van der Waals surface area contributed by atoms with Gasteiger partial charge >= 0.3 is 6.18 Å². The van der Waals surface area contributed by atoms with Gasteiger partial charge in [0.15, 0.2) is 0 Å². The summed E-state index contributed by atoms with van der Waals surface area (Å²) in [5.74, 6) is -0.637. The van der Waals surface area contributed by atoms with Crippen LogP contribution < -0.4 is 5.73 Å². The minimum atomic E-state index is -4.41. The molecule has 0 saturated carbocycles. The van der Waals surface area contributed by atoms with Gasteiger partial charge in [0.05, 0.1) is 11.3 Å². The van der Waals surface area contributed by atoms with E-state index in [0.29, 0.717) is 5.56 Å². The van der Waals surface area contributed by atoms with E-state index in [1.54, 1.807) is 0 Å². The number of hydrogen-bond donors (Lipinski definition) is 1. The third kappa shape index (κ3) is 4.92. The van der Waals surface area contributed by atoms with Crippen molar-refractivity contribution in [1.82, 2.24) is 0 Å². The molecule has 26 heavy (non-hydrogen) atoms. The van der Waals surface area contributed by atoms with Gasteiger partial charge in [-0.2, -0.15) is 13.2 Å². The van der Waals surface area contributed by atoms with E-state index < -0.39 is 17.6 Å². The van der Waals surface area contributed by atoms with Gasteiger partial charge in [-0.3, -0.25) is 4.79 Å². The van der Waals surface area contributed by atoms with Crippen molar-refractivity contribution >= 4 is 23.8 Å². The van der Waals surface area contributed by atoms with Crippen LogP contribution in [-0.2, 0) is 6.18 Å². The number of aliphatic imine (C=N–C) groups is 2. The number of alkyl halides is 3. The molecule has 0 spiro atoms. The van der Waals surface area contributed by atoms with Gasteiger partial charge in [-0.15, -0.1) is 0 Å². The van der Waals surface area contributed by atoms with Crippen molar-refractivity contribution in [1.29, 1.82) is 0 Å². The molecule has 2 aromatic carbocycles. The van der Waals surface area contributed by atoms with Crippen LogP contribution in [0.15, 0.2) is 63.6 Å². The summed E-state index contributed by atoms with van der Waals surface area (Å²) in [6, 6.07) is 10.1. The van der Waals surface area contributed by atoms with Crippen molar-refractivity contribution in [3.63, 3.8) is 0 Å². The average Bonchev–Trinajstić information content (AvgIpc) is 2.61. The van der Waals surface area contributed by atoms with Crippen molar-refractivity contribution in [3.05, 3.63) is 75.7 Å². The maximum Gasteiger partial charge on any atom is 0.416 e. The summed E-state index contributed by atoms with van der Waals surface area (Å²) in [5, 5.41) is 2.96. The predicted molar refractivity (Wildman–Crippen MR) is 90.2 cm³/mol. The molecule has 7 nitrogen and oxygen atoms in total. The van der Waals surface area contributed by atoms with E-state index in [9.17, 15) is 18.0 Å². The topological polar surface area (TPSA) is 117 Å². The molecule has 0 bridgehead atoms. The molecule has 132 valence electrons. The third-order valence-electron chi connectivity index (χ3n) is 3.16. The zero-order chi connectivity index (χ0) is 19.2. The van der Waals surface area contributed by atoms with Crippen molar-refractivity contribution in [3.8, 4) is 0 Å². The number of carbonyl (C=O) groups excluding carboxylic acids is 1. The van der Waals surface area contributed by atoms with Crippen LogP contribution >= 0.6 is 0 Å². The number of rotatable bonds is 4. The van der Waals surface area contributed by atoms with Crippen molar-refractivity contribution in [2.45, 2.75) is 6.18 Å². The van der Waals surface area contributed by atoms with E-state index in [1.165, 1.54) is 36.4 Å². The first-order valence-corrected chi connectivity index (χ1v) is 7.04. The summed E-state index contributed by atoms with van der Waals surface area (Å²) in [4.78, 5) is 21.6. The summed E-state index contributed by atoms with van der Waals surface area (Å²) in [6.45, 7) is 0. The van der Waals surface area contributed by atoms with E-state index in [0.717, 1.165) is 18.5 Å². The Morgan fingerprint density at radius 2 is 1.62 bits per heavy atom. The molecule has 2 N–H and O–H groups in total. The molecule has 0 unspecified atom stereocenters. The number of amidine groups is 1. The lowest BCUT2D eigenvalue weighted by Crippen LogP contribution is -2.13. The number of nitrogens with two attached hydrogens (primary N) is 1. The van der Waals surface area contributed by atoms with Gasteiger partial charge in [-0.25, -0.2) is 9.98 Å². The van der Waals surface area contributed by atoms with E-state index >= 15 is 0 Å². The molecule has 1 amide bonds. The number of halogens is 3. The van der Waals surface area contributed by atoms with E-state index in [2.05, 4.69) is 20.0 Å². The standard InChI is InChI=1S/C16H11F3N6O/c17-16(18,19)12-5-7-13(8-6-12)22-9-23-14(20)10-1-3-11(4-2-10)15(26)24-25-21/h1-9H,(H2,20,22,23). The minimum Gasteiger partial charge on any atom is -0.383 e. The van der Waals surface area contributed by atoms with Gasteiger partial charge in [0.1, 0.15) is 12.2 Å². The Labute approximate surface area is 145 Å². The highest BCUT2D eigenvalue weighted by atomic mass is 19.4. The molecule has 0 aliphatic carbocycles. The van der Waals surface area contributed by atoms with Gasteiger partial charge < -0.3 is 5.73 Å². The van der Waals surface area contributed by atoms with Crippen molar-refractivity contribution in [2.75, 3.05) is 0 Å². The van der Waals surface area contributed by atoms with Crippen LogP contribution in [0.4, 0.5) is 18.9 Å². The highest BCUT2D eigenvalue weighted by Crippen LogP contribution is 2.30. The number of amides is 1. The number of carbonyl (C=O) groups is 1. The monoisotopic (exact) mass is 360 g/mol. The number of hydrogen-bond acceptors (Lipinski definition) is 2. The van der Waals surface area contributed by atoms with Crippen LogP contribution in [0, 0.1) is 0 Å². The van der Waals surface area contributed by atoms with Crippen LogP contribution in [0.25, 0.3) is 10.4 Å². The fraction of sp³-hybridized carbons (Fsp3) is 0.0625. The SMILES string of the molecule is [N-]=[N+]=NC(=O)c1ccc(C(N)=NC=Nc2ccc(C(F)(F)F)cc2)cc1. The fourth-order valence-electron chi connectivity index (χ4n) is 1.85. The Balaban J connectivity index is 2.08. The van der Waals surface area contributed by atoms with Crippen LogP contribution in [0.5, 0.6) is 0 Å². The van der Waals surface area contributed by atoms with Gasteiger partial charge in [0, 0.05) is 16.0 Å². The second-order valence-corrected chi connectivity index (χ2v) is 4.88. The maximum atomic E-state index is 12.5. The molecule has 0 saturated heterocycles. The molecular weight excluding hydrogens is 349 g/mol. The number of azide groups is 1. The first-order chi connectivity index (χ1) is 12.3. The van der Waals surface area contributed by atoms with Crippen molar-refractivity contribution in [2.24, 2.45) is 20.8 Å². The van der Waals surface area contributed by atoms with E-state index in [-0.39, 0.29) is 17.1 Å². The molecule has 0 aliphatic rings. The fourth-order valence-corrected chi connectivity index (χ4v) is 1.85. The predicted octanol–water partition coefficient (Wildman–Crippen LogP) is 4.22. The number of benzene rings is 2. The number of nitrogens with zero attached hydrogens (tertiary/aromatic N) is 5. The van der Waals surface area contributed by atoms with Gasteiger partial charge in [0.2, 0.25) is 5.91 Å². The zero-order valence-corrected chi connectivity index (χ0v) is 13.1. The van der Waals surface area contributed by atoms with Crippen LogP contribution in [-0.4, -0.2) is 18.1 Å². The molecule has 0 atom stereocenters. The van der Waals surface area contributed by atoms with E-state index in [1.807, 2.05) is 0 Å². The van der Waals surface area contributed by atoms with Crippen LogP contribution in [0.2, 0.25) is 0 Å². The lowest BCUT2D eigenvalue weighted by Gasteiger charge is -2.05. The normalized spacial score (nSPS) is 12.0. The average molecular weight is 360 g/mol. The molecule has 0 radical (unpaired) electrons. The largest absolute Gasteiger partial charge is 0.416 e. The summed E-state index contributed by atoms with van der Waals surface area (Å²) in [7, 11) is 0. The maximum absolute atomic E-state index is 12.5. The molecule has 0 aromatic heterocycles. The van der Waals surface area contributed by atoms with Gasteiger partial charge in [0.25, 0.3) is 0 Å². The zero-order valence-electron chi connectivity index (χ0n) is 13.1. The lowest BCUT2D eigenvalue weighted by atomic mass is 10.1. The third-order valence-corrected chi connectivity index (χ3v) is 3.16. The van der Waals surface area contributed by atoms with Crippen LogP contribution in [0.3, 0.4) is 0 Å². The van der Waals surface area contributed by atoms with Crippen molar-refractivity contribution < 1.29 is 18.0 Å². The van der Waals surface area contributed by atoms with Gasteiger partial charge in [-0.1, -0.05) is 24.3 Å². The molecular formula is C16H11F3N6O. The minimum absolute atomic E-state index is 0.0865. The molecule has 0 aliphatic heterocycles. The highest BCUT2D eigenvalue weighted by molar-refractivity contribution is 6.02. The molecule has 2 aromatic rings. The summed E-state index contributed by atoms with van der Waals surface area (Å²) in [5.41, 5.74) is 14.2.